The lowest BCUT2D eigenvalue weighted by molar-refractivity contribution is -0.139. The van der Waals surface area contributed by atoms with Crippen molar-refractivity contribution in [1.82, 2.24) is 5.32 Å². The quantitative estimate of drug-likeness (QED) is 0.497. The summed E-state index contributed by atoms with van der Waals surface area (Å²) in [6, 6.07) is -0.233. The van der Waals surface area contributed by atoms with Gasteiger partial charge < -0.3 is 5.32 Å². The first-order valence-corrected chi connectivity index (χ1v) is 7.71. The van der Waals surface area contributed by atoms with Crippen LogP contribution in [0.1, 0.15) is 78.6 Å². The number of hydrogen-bond donors (Lipinski definition) is 1. The van der Waals surface area contributed by atoms with Gasteiger partial charge in [0.15, 0.2) is 0 Å². The molecule has 1 nitrogen and oxygen atoms in total. The number of halogens is 3. The molecule has 19 heavy (non-hydrogen) atoms. The average molecular weight is 281 g/mol. The van der Waals surface area contributed by atoms with E-state index in [1.54, 1.807) is 6.92 Å². The fourth-order valence-corrected chi connectivity index (χ4v) is 2.40. The Morgan fingerprint density at radius 1 is 0.895 bits per heavy atom. The molecule has 116 valence electrons. The normalized spacial score (nSPS) is 14.1. The average Bonchev–Trinajstić information content (AvgIpc) is 2.26. The van der Waals surface area contributed by atoms with Gasteiger partial charge in [-0.15, -0.1) is 0 Å². The van der Waals surface area contributed by atoms with Crippen LogP contribution in [-0.2, 0) is 0 Å². The van der Waals surface area contributed by atoms with Gasteiger partial charge in [0.1, 0.15) is 0 Å². The van der Waals surface area contributed by atoms with Crippen LogP contribution in [0.3, 0.4) is 0 Å². The molecule has 1 atom stereocenters. The van der Waals surface area contributed by atoms with Gasteiger partial charge in [-0.1, -0.05) is 52.4 Å². The topological polar surface area (TPSA) is 12.0 Å². The third kappa shape index (κ3) is 12.5. The third-order valence-corrected chi connectivity index (χ3v) is 3.37. The van der Waals surface area contributed by atoms with E-state index in [0.717, 1.165) is 38.5 Å². The second-order valence-electron chi connectivity index (χ2n) is 5.58. The van der Waals surface area contributed by atoms with Crippen molar-refractivity contribution in [1.29, 1.82) is 0 Å². The van der Waals surface area contributed by atoms with Crippen molar-refractivity contribution in [3.63, 3.8) is 0 Å². The first-order chi connectivity index (χ1) is 8.89. The van der Waals surface area contributed by atoms with Crippen LogP contribution in [0.2, 0.25) is 0 Å². The van der Waals surface area contributed by atoms with Crippen molar-refractivity contribution < 1.29 is 13.2 Å². The molecule has 0 aromatic rings. The Kier molecular flexibility index (Phi) is 10.4. The van der Waals surface area contributed by atoms with Crippen LogP contribution < -0.4 is 5.32 Å². The molecule has 0 radical (unpaired) electrons. The zero-order valence-electron chi connectivity index (χ0n) is 12.7. The molecule has 0 saturated heterocycles. The summed E-state index contributed by atoms with van der Waals surface area (Å²) in [6.45, 7) is 5.93. The third-order valence-electron chi connectivity index (χ3n) is 3.37. The molecule has 0 saturated carbocycles. The van der Waals surface area contributed by atoms with Crippen LogP contribution in [0.5, 0.6) is 0 Å². The lowest BCUT2D eigenvalue weighted by Crippen LogP contribution is -2.39. The summed E-state index contributed by atoms with van der Waals surface area (Å²) in [6.07, 6.45) is 4.06. The summed E-state index contributed by atoms with van der Waals surface area (Å²) in [5.74, 6) is 0. The van der Waals surface area contributed by atoms with E-state index in [4.69, 9.17) is 0 Å². The van der Waals surface area contributed by atoms with Crippen LogP contribution in [0.25, 0.3) is 0 Å². The molecule has 0 rings (SSSR count). The lowest BCUT2D eigenvalue weighted by atomic mass is 10.0. The minimum Gasteiger partial charge on any atom is -0.311 e. The maximum atomic E-state index is 12.3. The number of hydrogen-bond acceptors (Lipinski definition) is 1. The highest BCUT2D eigenvalue weighted by atomic mass is 19.4. The van der Waals surface area contributed by atoms with E-state index in [1.165, 1.54) is 12.8 Å². The Morgan fingerprint density at radius 3 is 1.74 bits per heavy atom. The Bertz CT molecular complexity index is 194. The smallest absolute Gasteiger partial charge is 0.311 e. The second-order valence-corrected chi connectivity index (χ2v) is 5.58. The molecule has 0 aliphatic carbocycles. The van der Waals surface area contributed by atoms with Crippen LogP contribution in [-0.4, -0.2) is 18.3 Å². The van der Waals surface area contributed by atoms with Crippen LogP contribution in [0.15, 0.2) is 0 Å². The zero-order chi connectivity index (χ0) is 14.7. The summed E-state index contributed by atoms with van der Waals surface area (Å²) in [7, 11) is 0. The van der Waals surface area contributed by atoms with Crippen LogP contribution >= 0.6 is 0 Å². The molecule has 0 aromatic carbocycles. The van der Waals surface area contributed by atoms with Crippen LogP contribution in [0.4, 0.5) is 13.2 Å². The molecule has 1 unspecified atom stereocenters. The van der Waals surface area contributed by atoms with Gasteiger partial charge in [0.2, 0.25) is 0 Å². The van der Waals surface area contributed by atoms with Crippen molar-refractivity contribution in [3.8, 4) is 0 Å². The minimum absolute atomic E-state index is 0.246. The molecule has 4 heteroatoms. The minimum atomic E-state index is -4.07. The molecule has 1 N–H and O–H groups in total. The largest absolute Gasteiger partial charge is 0.390 e. The molecule has 0 aromatic heterocycles. The predicted molar refractivity (Wildman–Crippen MR) is 75.3 cm³/mol. The summed E-state index contributed by atoms with van der Waals surface area (Å²) < 4.78 is 37.0. The van der Waals surface area contributed by atoms with Gasteiger partial charge in [-0.3, -0.25) is 0 Å². The maximum Gasteiger partial charge on any atom is 0.390 e. The van der Waals surface area contributed by atoms with E-state index in [0.29, 0.717) is 0 Å². The van der Waals surface area contributed by atoms with E-state index < -0.39 is 18.6 Å². The van der Waals surface area contributed by atoms with Gasteiger partial charge in [-0.05, 0) is 19.8 Å². The fourth-order valence-electron chi connectivity index (χ4n) is 2.40. The van der Waals surface area contributed by atoms with Crippen molar-refractivity contribution in [2.75, 3.05) is 0 Å². The van der Waals surface area contributed by atoms with Crippen LogP contribution in [0, 0.1) is 0 Å². The summed E-state index contributed by atoms with van der Waals surface area (Å²) in [5.41, 5.74) is 0. The van der Waals surface area contributed by atoms with Gasteiger partial charge in [-0.2, -0.15) is 13.2 Å². The van der Waals surface area contributed by atoms with Gasteiger partial charge in [0, 0.05) is 12.1 Å². The van der Waals surface area contributed by atoms with Crippen molar-refractivity contribution in [2.24, 2.45) is 0 Å². The van der Waals surface area contributed by atoms with E-state index >= 15 is 0 Å². The SMILES string of the molecule is CCCCCC(CCCCC)NC(C)CC(F)(F)F. The highest BCUT2D eigenvalue weighted by Crippen LogP contribution is 2.22. The number of unbranched alkanes of at least 4 members (excludes halogenated alkanes) is 4. The Labute approximate surface area is 116 Å². The standard InChI is InChI=1S/C15H30F3N/c1-4-6-8-10-14(11-9-7-5-2)19-13(3)12-15(16,17)18/h13-14,19H,4-12H2,1-3H3. The molecule has 0 heterocycles. The van der Waals surface area contributed by atoms with Gasteiger partial charge in [0.25, 0.3) is 0 Å². The maximum absolute atomic E-state index is 12.3. The molecule has 0 spiro atoms. The number of nitrogens with one attached hydrogen (secondary N) is 1. The van der Waals surface area contributed by atoms with E-state index in [-0.39, 0.29) is 6.04 Å². The molecular weight excluding hydrogens is 251 g/mol. The van der Waals surface area contributed by atoms with Crippen molar-refractivity contribution in [2.45, 2.75) is 96.8 Å². The van der Waals surface area contributed by atoms with E-state index in [9.17, 15) is 13.2 Å². The predicted octanol–water partition coefficient (Wildman–Crippen LogP) is 5.45. The number of alkyl halides is 3. The van der Waals surface area contributed by atoms with Gasteiger partial charge in [0.05, 0.1) is 6.42 Å². The fraction of sp³-hybridized carbons (Fsp3) is 1.00. The highest BCUT2D eigenvalue weighted by Gasteiger charge is 2.30. The number of rotatable bonds is 11. The Hall–Kier alpha value is -0.250. The van der Waals surface area contributed by atoms with E-state index in [1.807, 2.05) is 0 Å². The molecule has 0 aliphatic heterocycles. The molecule has 0 bridgehead atoms. The van der Waals surface area contributed by atoms with Gasteiger partial charge in [-0.25, -0.2) is 0 Å². The first kappa shape index (κ1) is 18.8. The highest BCUT2D eigenvalue weighted by molar-refractivity contribution is 4.74. The Balaban J connectivity index is 4.07. The Morgan fingerprint density at radius 2 is 1.37 bits per heavy atom. The summed E-state index contributed by atoms with van der Waals surface area (Å²) in [5, 5.41) is 3.17. The molecule has 0 amide bonds. The van der Waals surface area contributed by atoms with Crippen molar-refractivity contribution >= 4 is 0 Å². The molecule has 0 aliphatic rings. The van der Waals surface area contributed by atoms with Crippen molar-refractivity contribution in [3.05, 3.63) is 0 Å². The zero-order valence-corrected chi connectivity index (χ0v) is 12.7. The van der Waals surface area contributed by atoms with Gasteiger partial charge >= 0.3 is 6.18 Å². The molecular formula is C15H30F3N. The summed E-state index contributed by atoms with van der Waals surface area (Å²) >= 11 is 0. The molecule has 0 fully saturated rings. The lowest BCUT2D eigenvalue weighted by Gasteiger charge is -2.24. The monoisotopic (exact) mass is 281 g/mol. The second kappa shape index (κ2) is 10.5. The first-order valence-electron chi connectivity index (χ1n) is 7.71. The van der Waals surface area contributed by atoms with E-state index in [2.05, 4.69) is 19.2 Å². The summed E-state index contributed by atoms with van der Waals surface area (Å²) in [4.78, 5) is 0.